The van der Waals surface area contributed by atoms with Gasteiger partial charge in [-0.2, -0.15) is 0 Å². The van der Waals surface area contributed by atoms with Crippen LogP contribution in [-0.4, -0.2) is 35.8 Å². The Morgan fingerprint density at radius 1 is 1.60 bits per heavy atom. The summed E-state index contributed by atoms with van der Waals surface area (Å²) in [6.45, 7) is -0.618. The third kappa shape index (κ3) is 3.43. The third-order valence-corrected chi connectivity index (χ3v) is 1.90. The minimum atomic E-state index is -2.56. The van der Waals surface area contributed by atoms with Gasteiger partial charge in [0.2, 0.25) is 0 Å². The van der Waals surface area contributed by atoms with Crippen molar-refractivity contribution < 1.29 is 13.6 Å². The van der Waals surface area contributed by atoms with Gasteiger partial charge in [0.15, 0.2) is 0 Å². The first kappa shape index (κ1) is 11.8. The van der Waals surface area contributed by atoms with E-state index < -0.39 is 18.9 Å². The second-order valence-corrected chi connectivity index (χ2v) is 3.31. The number of nitrogens with zero attached hydrogens (tertiary/aromatic N) is 2. The lowest BCUT2D eigenvalue weighted by molar-refractivity contribution is 0.0615. The predicted octanol–water partition coefficient (Wildman–Crippen LogP) is 2.07. The second kappa shape index (κ2) is 5.02. The second-order valence-electron chi connectivity index (χ2n) is 2.92. The molecule has 82 valence electrons. The van der Waals surface area contributed by atoms with Crippen molar-refractivity contribution in [1.29, 1.82) is 0 Å². The van der Waals surface area contributed by atoms with E-state index in [1.54, 1.807) is 6.07 Å². The standard InChI is InChI=1S/C9H9ClF2N2O/c1-14(5-8(11)12)9(15)6-3-2-4-7(10)13-6/h2-4,8H,5H2,1H3. The molecule has 0 aliphatic carbocycles. The van der Waals surface area contributed by atoms with Crippen LogP contribution in [0.1, 0.15) is 10.5 Å². The lowest BCUT2D eigenvalue weighted by Crippen LogP contribution is -2.31. The Bertz CT molecular complexity index is 360. The first-order valence-electron chi connectivity index (χ1n) is 4.17. The zero-order chi connectivity index (χ0) is 11.4. The molecular weight excluding hydrogens is 226 g/mol. The fourth-order valence-electron chi connectivity index (χ4n) is 1.01. The summed E-state index contributed by atoms with van der Waals surface area (Å²) in [6.07, 6.45) is -2.56. The SMILES string of the molecule is CN(CC(F)F)C(=O)c1cccc(Cl)n1. The Morgan fingerprint density at radius 3 is 2.80 bits per heavy atom. The molecule has 1 aromatic heterocycles. The van der Waals surface area contributed by atoms with Crippen molar-refractivity contribution in [2.45, 2.75) is 6.43 Å². The molecule has 0 aliphatic rings. The van der Waals surface area contributed by atoms with E-state index in [2.05, 4.69) is 4.98 Å². The van der Waals surface area contributed by atoms with Crippen LogP contribution >= 0.6 is 11.6 Å². The number of pyridine rings is 1. The average molecular weight is 235 g/mol. The quantitative estimate of drug-likeness (QED) is 0.751. The zero-order valence-corrected chi connectivity index (χ0v) is 8.71. The summed E-state index contributed by atoms with van der Waals surface area (Å²) in [5.74, 6) is -0.571. The minimum absolute atomic E-state index is 0.0608. The minimum Gasteiger partial charge on any atom is -0.335 e. The van der Waals surface area contributed by atoms with Crippen molar-refractivity contribution in [3.05, 3.63) is 29.0 Å². The highest BCUT2D eigenvalue weighted by molar-refractivity contribution is 6.29. The molecule has 1 amide bonds. The van der Waals surface area contributed by atoms with Crippen molar-refractivity contribution in [2.75, 3.05) is 13.6 Å². The maximum atomic E-state index is 12.0. The Hall–Kier alpha value is -1.23. The van der Waals surface area contributed by atoms with Crippen molar-refractivity contribution in [1.82, 2.24) is 9.88 Å². The van der Waals surface area contributed by atoms with Gasteiger partial charge in [-0.25, -0.2) is 13.8 Å². The summed E-state index contributed by atoms with van der Waals surface area (Å²) >= 11 is 5.57. The van der Waals surface area contributed by atoms with E-state index in [9.17, 15) is 13.6 Å². The van der Waals surface area contributed by atoms with Gasteiger partial charge in [0, 0.05) is 7.05 Å². The molecule has 1 heterocycles. The largest absolute Gasteiger partial charge is 0.335 e. The molecular formula is C9H9ClF2N2O. The molecule has 0 spiro atoms. The molecule has 15 heavy (non-hydrogen) atoms. The number of rotatable bonds is 3. The normalized spacial score (nSPS) is 10.5. The number of halogens is 3. The number of amides is 1. The van der Waals surface area contributed by atoms with Gasteiger partial charge in [0.25, 0.3) is 12.3 Å². The first-order chi connectivity index (χ1) is 7.00. The summed E-state index contributed by atoms with van der Waals surface area (Å²) in [4.78, 5) is 16.1. The topological polar surface area (TPSA) is 33.2 Å². The Morgan fingerprint density at radius 2 is 2.27 bits per heavy atom. The molecule has 1 rings (SSSR count). The predicted molar refractivity (Wildman–Crippen MR) is 52.2 cm³/mol. The molecule has 0 radical (unpaired) electrons. The van der Waals surface area contributed by atoms with Crippen LogP contribution in [0.25, 0.3) is 0 Å². The smallest absolute Gasteiger partial charge is 0.272 e. The number of carbonyl (C=O) groups is 1. The molecule has 0 bridgehead atoms. The number of aromatic nitrogens is 1. The number of hydrogen-bond acceptors (Lipinski definition) is 2. The van der Waals surface area contributed by atoms with Gasteiger partial charge in [-0.05, 0) is 12.1 Å². The maximum absolute atomic E-state index is 12.0. The van der Waals surface area contributed by atoms with Gasteiger partial charge in [-0.15, -0.1) is 0 Å². The van der Waals surface area contributed by atoms with Gasteiger partial charge in [0.1, 0.15) is 10.8 Å². The highest BCUT2D eigenvalue weighted by Gasteiger charge is 2.16. The van der Waals surface area contributed by atoms with E-state index in [0.29, 0.717) is 0 Å². The molecule has 0 unspecified atom stereocenters. The molecule has 3 nitrogen and oxygen atoms in total. The number of hydrogen-bond donors (Lipinski definition) is 0. The first-order valence-corrected chi connectivity index (χ1v) is 4.54. The van der Waals surface area contributed by atoms with Crippen molar-refractivity contribution in [3.8, 4) is 0 Å². The van der Waals surface area contributed by atoms with E-state index in [0.717, 1.165) is 4.90 Å². The van der Waals surface area contributed by atoms with Crippen LogP contribution in [0.15, 0.2) is 18.2 Å². The number of carbonyl (C=O) groups excluding carboxylic acids is 1. The molecule has 1 aromatic rings. The van der Waals surface area contributed by atoms with Gasteiger partial charge in [0.05, 0.1) is 6.54 Å². The van der Waals surface area contributed by atoms with Crippen LogP contribution in [0.3, 0.4) is 0 Å². The van der Waals surface area contributed by atoms with Crippen molar-refractivity contribution in [2.24, 2.45) is 0 Å². The molecule has 0 saturated heterocycles. The van der Waals surface area contributed by atoms with Crippen LogP contribution < -0.4 is 0 Å². The van der Waals surface area contributed by atoms with Crippen LogP contribution in [0.4, 0.5) is 8.78 Å². The van der Waals surface area contributed by atoms with E-state index in [-0.39, 0.29) is 10.8 Å². The molecule has 0 aliphatic heterocycles. The summed E-state index contributed by atoms with van der Waals surface area (Å²) in [7, 11) is 1.29. The highest BCUT2D eigenvalue weighted by Crippen LogP contribution is 2.08. The Balaban J connectivity index is 2.76. The van der Waals surface area contributed by atoms with Gasteiger partial charge >= 0.3 is 0 Å². The van der Waals surface area contributed by atoms with Gasteiger partial charge < -0.3 is 4.90 Å². The van der Waals surface area contributed by atoms with Crippen molar-refractivity contribution >= 4 is 17.5 Å². The van der Waals surface area contributed by atoms with E-state index in [4.69, 9.17) is 11.6 Å². The van der Waals surface area contributed by atoms with E-state index >= 15 is 0 Å². The van der Waals surface area contributed by atoms with Crippen LogP contribution in [0.5, 0.6) is 0 Å². The van der Waals surface area contributed by atoms with Crippen LogP contribution in [-0.2, 0) is 0 Å². The Labute approximate surface area is 90.7 Å². The zero-order valence-electron chi connectivity index (χ0n) is 7.95. The number of alkyl halides is 2. The molecule has 0 aromatic carbocycles. The molecule has 0 atom stereocenters. The summed E-state index contributed by atoms with van der Waals surface area (Å²) in [5.41, 5.74) is 0.0608. The lowest BCUT2D eigenvalue weighted by atomic mass is 10.3. The van der Waals surface area contributed by atoms with Crippen molar-refractivity contribution in [3.63, 3.8) is 0 Å². The monoisotopic (exact) mass is 234 g/mol. The van der Waals surface area contributed by atoms with Crippen LogP contribution in [0, 0.1) is 0 Å². The van der Waals surface area contributed by atoms with Gasteiger partial charge in [-0.1, -0.05) is 17.7 Å². The summed E-state index contributed by atoms with van der Waals surface area (Å²) in [6, 6.07) is 4.47. The lowest BCUT2D eigenvalue weighted by Gasteiger charge is -2.15. The fraction of sp³-hybridized carbons (Fsp3) is 0.333. The van der Waals surface area contributed by atoms with E-state index in [1.807, 2.05) is 0 Å². The molecule has 6 heteroatoms. The Kier molecular flexibility index (Phi) is 3.96. The summed E-state index contributed by atoms with van der Waals surface area (Å²) in [5, 5.41) is 0.159. The maximum Gasteiger partial charge on any atom is 0.272 e. The molecule has 0 N–H and O–H groups in total. The summed E-state index contributed by atoms with van der Waals surface area (Å²) < 4.78 is 24.0. The highest BCUT2D eigenvalue weighted by atomic mass is 35.5. The van der Waals surface area contributed by atoms with Gasteiger partial charge in [-0.3, -0.25) is 4.79 Å². The van der Waals surface area contributed by atoms with E-state index in [1.165, 1.54) is 19.2 Å². The fourth-order valence-corrected chi connectivity index (χ4v) is 1.18. The third-order valence-electron chi connectivity index (χ3n) is 1.69. The average Bonchev–Trinajstić information content (AvgIpc) is 2.15. The molecule has 0 saturated carbocycles. The van der Waals surface area contributed by atoms with Crippen LogP contribution in [0.2, 0.25) is 5.15 Å². The molecule has 0 fully saturated rings.